The normalized spacial score (nSPS) is 11.0. The minimum atomic E-state index is -4.94. The van der Waals surface area contributed by atoms with E-state index < -0.39 is 73.3 Å². The van der Waals surface area contributed by atoms with Crippen molar-refractivity contribution in [1.82, 2.24) is 39.9 Å². The van der Waals surface area contributed by atoms with E-state index in [-0.39, 0.29) is 89.5 Å². The molecule has 0 fully saturated rings. The molecule has 0 radical (unpaired) electrons. The van der Waals surface area contributed by atoms with E-state index in [1.54, 1.807) is 0 Å². The maximum absolute atomic E-state index is 8.49. The molecule has 8 aromatic rings. The second-order valence-corrected chi connectivity index (χ2v) is 38.6. The van der Waals surface area contributed by atoms with Crippen LogP contribution in [0, 0.1) is 41.0 Å². The van der Waals surface area contributed by atoms with Crippen LogP contribution < -0.4 is 116 Å². The van der Waals surface area contributed by atoms with Crippen LogP contribution in [0.1, 0.15) is 0 Å². The van der Waals surface area contributed by atoms with Gasteiger partial charge >= 0.3 is 89.5 Å². The number of pyridine rings is 8. The number of rotatable bonds is 8. The van der Waals surface area contributed by atoms with Gasteiger partial charge in [-0.1, -0.05) is 101 Å². The summed E-state index contributed by atoms with van der Waals surface area (Å²) in [5.74, 6) is 0. The largest absolute Gasteiger partial charge is 1.00 e. The van der Waals surface area contributed by atoms with Gasteiger partial charge in [-0.05, 0) is 90.0 Å². The Hall–Kier alpha value is -2.45. The number of aromatic nitrogens is 8. The van der Waals surface area contributed by atoms with Gasteiger partial charge in [0.05, 0.1) is 0 Å². The molecule has 0 aliphatic heterocycles. The molecule has 8 rings (SSSR count). The SMILES string of the molecule is C[Si](C)(c1cccnc1)c1cccnc1.C[Si](C)(c1cccnc1)c1cccnc1.C[Si](C)(c1cccnc1)c1cccnc1.C[Si](C)(c1cccnc1)c1cccnc1.[Ag+].[Ag+].[Ag+].[Ag+].[O-][Cl+3]([O-])([O-])[O-].[O-][Cl+3]([O-])([O-])[O-].[O-][Cl+3]([O-])([O-])[O-].[O-][Cl+3]([O-])([O-])[O-]. The van der Waals surface area contributed by atoms with Crippen molar-refractivity contribution in [2.75, 3.05) is 0 Å². The standard InChI is InChI=1S/4C12H14N2Si.4Ag.4ClHO4/c4*1-15(2,11-5-3-7-13-9-11)12-6-4-8-14-10-12;;;;;4*2-1(3,4)5/h4*3-10H,1-2H3;;;;;4*(H,2,3,4,5)/q;;;;4*+1;;;;/p-4. The second-order valence-electron chi connectivity index (χ2n) is 17.9. The van der Waals surface area contributed by atoms with Gasteiger partial charge < -0.3 is 0 Å². The van der Waals surface area contributed by atoms with Gasteiger partial charge in [-0.3, -0.25) is 39.9 Å². The van der Waals surface area contributed by atoms with Gasteiger partial charge in [0.25, 0.3) is 0 Å². The van der Waals surface area contributed by atoms with E-state index >= 15 is 0 Å². The summed E-state index contributed by atoms with van der Waals surface area (Å²) in [6.45, 7) is 18.6. The number of hydrogen-bond acceptors (Lipinski definition) is 24. The van der Waals surface area contributed by atoms with Crippen LogP contribution in [-0.2, 0) is 89.5 Å². The van der Waals surface area contributed by atoms with Crippen molar-refractivity contribution in [2.24, 2.45) is 0 Å². The smallest absolute Gasteiger partial charge is 0.265 e. The van der Waals surface area contributed by atoms with Crippen LogP contribution in [0.4, 0.5) is 0 Å². The molecule has 0 bridgehead atoms. The Morgan fingerprint density at radius 1 is 0.214 bits per heavy atom. The molecule has 8 heterocycles. The number of halogens is 4. The van der Waals surface area contributed by atoms with Gasteiger partial charge in [-0.15, -0.1) is 41.0 Å². The van der Waals surface area contributed by atoms with E-state index in [0.717, 1.165) is 0 Å². The van der Waals surface area contributed by atoms with Crippen molar-refractivity contribution in [3.05, 3.63) is 196 Å². The Labute approximate surface area is 561 Å². The van der Waals surface area contributed by atoms with Crippen molar-refractivity contribution in [2.45, 2.75) is 52.4 Å². The van der Waals surface area contributed by atoms with Crippen molar-refractivity contribution in [3.63, 3.8) is 0 Å². The zero-order chi connectivity index (χ0) is 60.9. The molecule has 0 N–H and O–H groups in total. The summed E-state index contributed by atoms with van der Waals surface area (Å²) in [5.41, 5.74) is 0. The summed E-state index contributed by atoms with van der Waals surface area (Å²) in [4.78, 5) is 33.5. The Morgan fingerprint density at radius 3 is 0.357 bits per heavy atom. The predicted molar refractivity (Wildman–Crippen MR) is 261 cm³/mol. The first kappa shape index (κ1) is 88.0. The van der Waals surface area contributed by atoms with Crippen LogP contribution in [0.25, 0.3) is 0 Å². The van der Waals surface area contributed by atoms with E-state index in [1.165, 1.54) is 41.5 Å². The zero-order valence-electron chi connectivity index (χ0n) is 45.3. The molecule has 84 heavy (non-hydrogen) atoms. The van der Waals surface area contributed by atoms with Crippen molar-refractivity contribution < 1.29 is 205 Å². The van der Waals surface area contributed by atoms with Crippen LogP contribution in [0.15, 0.2) is 196 Å². The molecular weight excluding hydrogens is 1630 g/mol. The molecule has 0 saturated carbocycles. The minimum Gasteiger partial charge on any atom is -0.265 e. The van der Waals surface area contributed by atoms with E-state index in [0.29, 0.717) is 0 Å². The number of nitrogens with zero attached hydrogens (tertiary/aromatic N) is 8. The molecule has 0 amide bonds. The van der Waals surface area contributed by atoms with E-state index in [4.69, 9.17) is 74.5 Å². The third-order valence-corrected chi connectivity index (χ3v) is 25.0. The maximum Gasteiger partial charge on any atom is 1.00 e. The topological polar surface area (TPSA) is 472 Å². The third kappa shape index (κ3) is 40.9. The fourth-order valence-electron chi connectivity index (χ4n) is 6.53. The van der Waals surface area contributed by atoms with Crippen molar-refractivity contribution in [3.8, 4) is 0 Å². The van der Waals surface area contributed by atoms with Crippen molar-refractivity contribution >= 4 is 73.8 Å². The van der Waals surface area contributed by atoms with Crippen LogP contribution in [0.3, 0.4) is 0 Å². The molecule has 0 atom stereocenters. The van der Waals surface area contributed by atoms with Gasteiger partial charge in [-0.25, -0.2) is 74.5 Å². The van der Waals surface area contributed by atoms with Gasteiger partial charge in [-0.2, -0.15) is 0 Å². The van der Waals surface area contributed by atoms with Crippen LogP contribution in [-0.4, -0.2) is 72.2 Å². The molecular formula is C48H56Ag4Cl4N8O16Si4. The molecule has 0 aliphatic carbocycles. The Bertz CT molecular complexity index is 2310. The van der Waals surface area contributed by atoms with Crippen molar-refractivity contribution in [1.29, 1.82) is 0 Å². The first-order chi connectivity index (χ1) is 36.8. The molecule has 472 valence electrons. The Balaban J connectivity index is -0.000000452. The summed E-state index contributed by atoms with van der Waals surface area (Å²) in [7, 11) is -26.1. The Kier molecular flexibility index (Phi) is 44.5. The third-order valence-electron chi connectivity index (χ3n) is 11.1. The van der Waals surface area contributed by atoms with Gasteiger partial charge in [0.2, 0.25) is 0 Å². The molecule has 24 nitrogen and oxygen atoms in total. The second kappa shape index (κ2) is 42.5. The zero-order valence-corrected chi connectivity index (χ0v) is 58.3. The number of hydrogen-bond donors (Lipinski definition) is 0. The first-order valence-electron chi connectivity index (χ1n) is 22.6. The summed E-state index contributed by atoms with van der Waals surface area (Å²) in [6, 6.07) is 33.3. The maximum atomic E-state index is 8.49. The predicted octanol–water partition coefficient (Wildman–Crippen LogP) is -13.8. The summed E-state index contributed by atoms with van der Waals surface area (Å²) in [5, 5.41) is 10.8. The quantitative estimate of drug-likeness (QED) is 0.127. The van der Waals surface area contributed by atoms with E-state index in [9.17, 15) is 0 Å². The van der Waals surface area contributed by atoms with Gasteiger partial charge in [0, 0.05) is 99.1 Å². The Morgan fingerprint density at radius 2 is 0.298 bits per heavy atom. The fraction of sp³-hybridized carbons (Fsp3) is 0.167. The average Bonchev–Trinajstić information content (AvgIpc) is 3.39. The molecule has 8 aromatic heterocycles. The minimum absolute atomic E-state index is 0. The average molecular weight is 1690 g/mol. The molecule has 0 spiro atoms. The van der Waals surface area contributed by atoms with Gasteiger partial charge in [0.15, 0.2) is 0 Å². The molecule has 0 aliphatic rings. The summed E-state index contributed by atoms with van der Waals surface area (Å²) in [6.07, 6.45) is 30.3. The monoisotopic (exact) mass is 1680 g/mol. The summed E-state index contributed by atoms with van der Waals surface area (Å²) >= 11 is 0. The van der Waals surface area contributed by atoms with Crippen LogP contribution in [0.2, 0.25) is 52.4 Å². The fourth-order valence-corrected chi connectivity index (χ4v) is 15.1. The summed E-state index contributed by atoms with van der Waals surface area (Å²) < 4.78 is 136. The molecule has 36 heteroatoms. The molecule has 0 aromatic carbocycles. The van der Waals surface area contributed by atoms with Gasteiger partial charge in [0.1, 0.15) is 32.3 Å². The molecule has 0 unspecified atom stereocenters. The molecule has 0 saturated heterocycles. The first-order valence-corrected chi connectivity index (χ1v) is 39.5. The van der Waals surface area contributed by atoms with Crippen LogP contribution in [0.5, 0.6) is 0 Å². The van der Waals surface area contributed by atoms with Crippen LogP contribution >= 0.6 is 0 Å². The van der Waals surface area contributed by atoms with E-state index in [2.05, 4.69) is 141 Å². The van der Waals surface area contributed by atoms with E-state index in [1.807, 2.05) is 148 Å².